The fourth-order valence-electron chi connectivity index (χ4n) is 1.86. The quantitative estimate of drug-likeness (QED) is 0.457. The number of benzene rings is 2. The first-order chi connectivity index (χ1) is 12.6. The highest BCUT2D eigenvalue weighted by Gasteiger charge is 2.08. The molecule has 0 unspecified atom stereocenters. The summed E-state index contributed by atoms with van der Waals surface area (Å²) in [5.41, 5.74) is 0.854. The number of ether oxygens (including phenoxy) is 2. The highest BCUT2D eigenvalue weighted by atomic mass is 32.2. The lowest BCUT2D eigenvalue weighted by atomic mass is 10.2. The molecule has 0 aliphatic rings. The third-order valence-corrected chi connectivity index (χ3v) is 3.90. The van der Waals surface area contributed by atoms with Crippen LogP contribution >= 0.6 is 11.8 Å². The summed E-state index contributed by atoms with van der Waals surface area (Å²) in [6.45, 7) is -0.405. The minimum atomic E-state index is -0.607. The molecule has 2 aromatic carbocycles. The lowest BCUT2D eigenvalue weighted by Crippen LogP contribution is -2.20. The summed E-state index contributed by atoms with van der Waals surface area (Å²) >= 11 is 1.37. The molecule has 134 valence electrons. The second-order valence-electron chi connectivity index (χ2n) is 4.96. The number of hydrogen-bond acceptors (Lipinski definition) is 6. The molecule has 2 aromatic rings. The standard InChI is InChI=1S/C19H17NO5S/c1-24-19(23)14-7-9-15(10-8-14)20-17(21)13-25-18(22)11-12-26-16-5-3-2-4-6-16/h2-12H,13H2,1H3,(H,20,21)/b12-11+. The second kappa shape index (κ2) is 10.0. The van der Waals surface area contributed by atoms with Gasteiger partial charge in [0.05, 0.1) is 12.7 Å². The van der Waals surface area contributed by atoms with Crippen molar-refractivity contribution in [2.24, 2.45) is 0 Å². The highest BCUT2D eigenvalue weighted by molar-refractivity contribution is 8.02. The number of rotatable bonds is 7. The number of carbonyl (C=O) groups is 3. The van der Waals surface area contributed by atoms with Gasteiger partial charge in [0.25, 0.3) is 5.91 Å². The zero-order chi connectivity index (χ0) is 18.8. The Kier molecular flexibility index (Phi) is 7.45. The predicted molar refractivity (Wildman–Crippen MR) is 98.8 cm³/mol. The molecule has 0 heterocycles. The molecule has 0 saturated heterocycles. The van der Waals surface area contributed by atoms with Gasteiger partial charge in [-0.05, 0) is 41.8 Å². The normalized spacial score (nSPS) is 10.3. The summed E-state index contributed by atoms with van der Waals surface area (Å²) in [6.07, 6.45) is 1.26. The molecule has 0 aliphatic carbocycles. The number of methoxy groups -OCH3 is 1. The van der Waals surface area contributed by atoms with Crippen molar-refractivity contribution in [3.8, 4) is 0 Å². The van der Waals surface area contributed by atoms with E-state index >= 15 is 0 Å². The number of hydrogen-bond donors (Lipinski definition) is 1. The van der Waals surface area contributed by atoms with Gasteiger partial charge in [-0.25, -0.2) is 9.59 Å². The maximum absolute atomic E-state index is 11.8. The molecule has 0 saturated carbocycles. The molecule has 0 aliphatic heterocycles. The molecule has 0 aromatic heterocycles. The summed E-state index contributed by atoms with van der Waals surface area (Å²) in [6, 6.07) is 15.7. The van der Waals surface area contributed by atoms with Crippen LogP contribution in [0, 0.1) is 0 Å². The van der Waals surface area contributed by atoms with Crippen LogP contribution in [0.1, 0.15) is 10.4 Å². The molecule has 2 rings (SSSR count). The third-order valence-electron chi connectivity index (χ3n) is 3.09. The van der Waals surface area contributed by atoms with Crippen LogP contribution in [0.4, 0.5) is 5.69 Å². The Morgan fingerprint density at radius 3 is 2.38 bits per heavy atom. The van der Waals surface area contributed by atoms with Crippen molar-refractivity contribution in [2.75, 3.05) is 19.0 Å². The number of nitrogens with one attached hydrogen (secondary N) is 1. The Balaban J connectivity index is 1.74. The van der Waals surface area contributed by atoms with Crippen LogP contribution in [-0.2, 0) is 19.1 Å². The van der Waals surface area contributed by atoms with Gasteiger partial charge in [0.1, 0.15) is 0 Å². The van der Waals surface area contributed by atoms with Gasteiger partial charge in [0.2, 0.25) is 0 Å². The van der Waals surface area contributed by atoms with Crippen molar-refractivity contribution >= 4 is 35.3 Å². The van der Waals surface area contributed by atoms with Crippen LogP contribution in [0.3, 0.4) is 0 Å². The SMILES string of the molecule is COC(=O)c1ccc(NC(=O)COC(=O)/C=C/Sc2ccccc2)cc1. The molecule has 0 bridgehead atoms. The lowest BCUT2D eigenvalue weighted by molar-refractivity contribution is -0.142. The van der Waals surface area contributed by atoms with Crippen molar-refractivity contribution < 1.29 is 23.9 Å². The summed E-state index contributed by atoms with van der Waals surface area (Å²) < 4.78 is 9.46. The smallest absolute Gasteiger partial charge is 0.337 e. The Labute approximate surface area is 155 Å². The zero-order valence-electron chi connectivity index (χ0n) is 14.0. The first-order valence-corrected chi connectivity index (χ1v) is 8.49. The maximum Gasteiger partial charge on any atom is 0.337 e. The van der Waals surface area contributed by atoms with Crippen LogP contribution in [0.2, 0.25) is 0 Å². The number of carbonyl (C=O) groups excluding carboxylic acids is 3. The summed E-state index contributed by atoms with van der Waals surface area (Å²) in [5, 5.41) is 4.16. The number of thioether (sulfide) groups is 1. The van der Waals surface area contributed by atoms with Crippen LogP contribution in [-0.4, -0.2) is 31.6 Å². The van der Waals surface area contributed by atoms with E-state index in [1.54, 1.807) is 17.5 Å². The molecule has 26 heavy (non-hydrogen) atoms. The minimum Gasteiger partial charge on any atom is -0.465 e. The van der Waals surface area contributed by atoms with E-state index in [0.717, 1.165) is 4.90 Å². The average molecular weight is 371 g/mol. The van der Waals surface area contributed by atoms with Gasteiger partial charge in [-0.2, -0.15) is 0 Å². The minimum absolute atomic E-state index is 0.373. The first-order valence-electron chi connectivity index (χ1n) is 7.61. The molecule has 1 N–H and O–H groups in total. The van der Waals surface area contributed by atoms with Gasteiger partial charge in [0, 0.05) is 16.7 Å². The average Bonchev–Trinajstić information content (AvgIpc) is 2.67. The Hall–Kier alpha value is -3.06. The summed E-state index contributed by atoms with van der Waals surface area (Å²) in [5.74, 6) is -1.55. The molecule has 0 radical (unpaired) electrons. The van der Waals surface area contributed by atoms with E-state index in [2.05, 4.69) is 10.1 Å². The van der Waals surface area contributed by atoms with E-state index < -0.39 is 24.5 Å². The van der Waals surface area contributed by atoms with Gasteiger partial charge >= 0.3 is 11.9 Å². The monoisotopic (exact) mass is 371 g/mol. The van der Waals surface area contributed by atoms with Gasteiger partial charge in [-0.1, -0.05) is 30.0 Å². The van der Waals surface area contributed by atoms with E-state index in [0.29, 0.717) is 11.3 Å². The maximum atomic E-state index is 11.8. The molecule has 7 heteroatoms. The number of amides is 1. The van der Waals surface area contributed by atoms with E-state index in [4.69, 9.17) is 4.74 Å². The van der Waals surface area contributed by atoms with Crippen molar-refractivity contribution in [1.29, 1.82) is 0 Å². The third kappa shape index (κ3) is 6.45. The lowest BCUT2D eigenvalue weighted by Gasteiger charge is -2.06. The van der Waals surface area contributed by atoms with E-state index in [1.807, 2.05) is 30.3 Å². The van der Waals surface area contributed by atoms with Crippen molar-refractivity contribution in [3.63, 3.8) is 0 Å². The Morgan fingerprint density at radius 2 is 1.73 bits per heavy atom. The predicted octanol–water partition coefficient (Wildman–Crippen LogP) is 3.26. The molecule has 6 nitrogen and oxygen atoms in total. The summed E-state index contributed by atoms with van der Waals surface area (Å²) in [4.78, 5) is 35.7. The van der Waals surface area contributed by atoms with Gasteiger partial charge in [-0.3, -0.25) is 4.79 Å². The molecule has 0 atom stereocenters. The fraction of sp³-hybridized carbons (Fsp3) is 0.105. The van der Waals surface area contributed by atoms with Crippen molar-refractivity contribution in [1.82, 2.24) is 0 Å². The van der Waals surface area contributed by atoms with Crippen LogP contribution in [0.15, 0.2) is 71.0 Å². The first kappa shape index (κ1) is 19.3. The number of esters is 2. The Bertz CT molecular complexity index is 787. The zero-order valence-corrected chi connectivity index (χ0v) is 14.8. The van der Waals surface area contributed by atoms with Crippen LogP contribution in [0.25, 0.3) is 0 Å². The topological polar surface area (TPSA) is 81.7 Å². The van der Waals surface area contributed by atoms with E-state index in [-0.39, 0.29) is 0 Å². The molecular formula is C19H17NO5S. The van der Waals surface area contributed by atoms with Crippen LogP contribution in [0.5, 0.6) is 0 Å². The van der Waals surface area contributed by atoms with Gasteiger partial charge in [-0.15, -0.1) is 0 Å². The van der Waals surface area contributed by atoms with Gasteiger partial charge < -0.3 is 14.8 Å². The number of anilines is 1. The second-order valence-corrected chi connectivity index (χ2v) is 5.94. The van der Waals surface area contributed by atoms with E-state index in [9.17, 15) is 14.4 Å². The van der Waals surface area contributed by atoms with Crippen molar-refractivity contribution in [3.05, 3.63) is 71.6 Å². The Morgan fingerprint density at radius 1 is 1.04 bits per heavy atom. The molecular weight excluding hydrogens is 354 g/mol. The molecule has 1 amide bonds. The van der Waals surface area contributed by atoms with E-state index in [1.165, 1.54) is 37.1 Å². The molecule has 0 spiro atoms. The molecule has 0 fully saturated rings. The van der Waals surface area contributed by atoms with Crippen LogP contribution < -0.4 is 5.32 Å². The highest BCUT2D eigenvalue weighted by Crippen LogP contribution is 2.17. The van der Waals surface area contributed by atoms with Crippen molar-refractivity contribution in [2.45, 2.75) is 4.90 Å². The largest absolute Gasteiger partial charge is 0.465 e. The van der Waals surface area contributed by atoms with Gasteiger partial charge in [0.15, 0.2) is 6.61 Å². The summed E-state index contributed by atoms with van der Waals surface area (Å²) in [7, 11) is 1.29. The fourth-order valence-corrected chi connectivity index (χ4v) is 2.51.